The third kappa shape index (κ3) is 2.66. The lowest BCUT2D eigenvalue weighted by Gasteiger charge is -2.42. The van der Waals surface area contributed by atoms with Crippen LogP contribution in [0.4, 0.5) is 4.39 Å². The molecule has 1 N–H and O–H groups in total. The van der Waals surface area contributed by atoms with Crippen molar-refractivity contribution in [3.05, 3.63) is 45.3 Å². The van der Waals surface area contributed by atoms with Crippen molar-refractivity contribution < 1.29 is 18.7 Å². The van der Waals surface area contributed by atoms with E-state index in [9.17, 15) is 14.0 Å². The van der Waals surface area contributed by atoms with Crippen molar-refractivity contribution >= 4 is 27.5 Å². The lowest BCUT2D eigenvalue weighted by atomic mass is 9.71. The van der Waals surface area contributed by atoms with Gasteiger partial charge in [-0.3, -0.25) is 9.59 Å². The Bertz CT molecular complexity index is 791. The summed E-state index contributed by atoms with van der Waals surface area (Å²) in [6.45, 7) is 2.57. The van der Waals surface area contributed by atoms with Crippen LogP contribution >= 0.6 is 15.9 Å². The molecule has 132 valence electrons. The molecule has 1 aromatic rings. The zero-order valence-electron chi connectivity index (χ0n) is 13.9. The number of ether oxygens (including phenoxy) is 1. The smallest absolute Gasteiger partial charge is 0.164 e. The van der Waals surface area contributed by atoms with Crippen LogP contribution in [0.5, 0.6) is 0 Å². The molecule has 4 atom stereocenters. The first-order chi connectivity index (χ1) is 12.0. The first kappa shape index (κ1) is 16.9. The molecule has 0 amide bonds. The van der Waals surface area contributed by atoms with Crippen LogP contribution in [-0.4, -0.2) is 30.8 Å². The van der Waals surface area contributed by atoms with Crippen LogP contribution in [0.25, 0.3) is 0 Å². The van der Waals surface area contributed by atoms with Crippen molar-refractivity contribution in [2.45, 2.75) is 31.7 Å². The van der Waals surface area contributed by atoms with E-state index in [0.29, 0.717) is 23.1 Å². The molecule has 1 aliphatic carbocycles. The van der Waals surface area contributed by atoms with E-state index < -0.39 is 0 Å². The summed E-state index contributed by atoms with van der Waals surface area (Å²) in [4.78, 5) is 25.4. The Morgan fingerprint density at radius 1 is 1.36 bits per heavy atom. The summed E-state index contributed by atoms with van der Waals surface area (Å²) < 4.78 is 19.5. The number of ketones is 2. The summed E-state index contributed by atoms with van der Waals surface area (Å²) in [6.07, 6.45) is 1.34. The number of benzene rings is 1. The molecule has 0 saturated carbocycles. The summed E-state index contributed by atoms with van der Waals surface area (Å²) in [6, 6.07) is 4.63. The SMILES string of the molecule is CC[C@H]1CC(=O)C2=C1NC1COCC(=O)C1[C@H]2c1ccc(F)c(Br)c1. The zero-order valence-corrected chi connectivity index (χ0v) is 15.4. The van der Waals surface area contributed by atoms with Gasteiger partial charge in [-0.2, -0.15) is 0 Å². The molecule has 0 radical (unpaired) electrons. The molecule has 1 fully saturated rings. The van der Waals surface area contributed by atoms with E-state index >= 15 is 0 Å². The number of allylic oxidation sites excluding steroid dienone is 2. The predicted molar refractivity (Wildman–Crippen MR) is 93.5 cm³/mol. The van der Waals surface area contributed by atoms with Gasteiger partial charge in [-0.15, -0.1) is 0 Å². The molecule has 2 aliphatic heterocycles. The second-order valence-electron chi connectivity index (χ2n) is 6.97. The molecule has 2 unspecified atom stereocenters. The Hall–Kier alpha value is -1.53. The fraction of sp³-hybridized carbons (Fsp3) is 0.474. The first-order valence-corrected chi connectivity index (χ1v) is 9.39. The summed E-state index contributed by atoms with van der Waals surface area (Å²) in [7, 11) is 0. The monoisotopic (exact) mass is 407 g/mol. The highest BCUT2D eigenvalue weighted by Crippen LogP contribution is 2.47. The maximum absolute atomic E-state index is 13.7. The molecule has 0 aromatic heterocycles. The van der Waals surface area contributed by atoms with Crippen LogP contribution in [-0.2, 0) is 14.3 Å². The molecule has 0 spiro atoms. The average molecular weight is 408 g/mol. The third-order valence-electron chi connectivity index (χ3n) is 5.58. The van der Waals surface area contributed by atoms with E-state index in [1.54, 1.807) is 12.1 Å². The van der Waals surface area contributed by atoms with E-state index in [0.717, 1.165) is 17.7 Å². The summed E-state index contributed by atoms with van der Waals surface area (Å²) >= 11 is 3.23. The van der Waals surface area contributed by atoms with Crippen molar-refractivity contribution in [3.63, 3.8) is 0 Å². The molecule has 25 heavy (non-hydrogen) atoms. The Morgan fingerprint density at radius 2 is 2.16 bits per heavy atom. The van der Waals surface area contributed by atoms with Crippen LogP contribution in [0.2, 0.25) is 0 Å². The number of halogens is 2. The highest BCUT2D eigenvalue weighted by Gasteiger charge is 2.50. The molecule has 3 aliphatic rings. The Labute approximate surface area is 153 Å². The zero-order chi connectivity index (χ0) is 17.7. The lowest BCUT2D eigenvalue weighted by molar-refractivity contribution is -0.135. The molecule has 2 heterocycles. The molecule has 0 bridgehead atoms. The van der Waals surface area contributed by atoms with Crippen LogP contribution in [0.3, 0.4) is 0 Å². The van der Waals surface area contributed by atoms with E-state index in [-0.39, 0.29) is 47.8 Å². The van der Waals surface area contributed by atoms with Gasteiger partial charge in [-0.05, 0) is 40.0 Å². The van der Waals surface area contributed by atoms with Gasteiger partial charge in [0, 0.05) is 29.5 Å². The number of hydrogen-bond donors (Lipinski definition) is 1. The van der Waals surface area contributed by atoms with Gasteiger partial charge in [0.25, 0.3) is 0 Å². The predicted octanol–water partition coefficient (Wildman–Crippen LogP) is 3.11. The van der Waals surface area contributed by atoms with Crippen LogP contribution < -0.4 is 5.32 Å². The molecular formula is C19H19BrFNO3. The first-order valence-electron chi connectivity index (χ1n) is 8.60. The van der Waals surface area contributed by atoms with Crippen molar-refractivity contribution in [1.82, 2.24) is 5.32 Å². The van der Waals surface area contributed by atoms with Gasteiger partial charge in [0.1, 0.15) is 12.4 Å². The fourth-order valence-corrected chi connectivity index (χ4v) is 4.81. The minimum atomic E-state index is -0.357. The van der Waals surface area contributed by atoms with E-state index in [1.165, 1.54) is 6.07 Å². The van der Waals surface area contributed by atoms with Crippen LogP contribution in [0.1, 0.15) is 31.2 Å². The third-order valence-corrected chi connectivity index (χ3v) is 6.19. The number of Topliss-reactive ketones (excluding diaryl/α,β-unsaturated/α-hetero) is 2. The normalized spacial score (nSPS) is 31.6. The van der Waals surface area contributed by atoms with E-state index in [1.807, 2.05) is 0 Å². The van der Waals surface area contributed by atoms with Gasteiger partial charge in [0.05, 0.1) is 23.0 Å². The average Bonchev–Trinajstić information content (AvgIpc) is 2.92. The summed E-state index contributed by atoms with van der Waals surface area (Å²) in [5.41, 5.74) is 2.47. The van der Waals surface area contributed by atoms with Crippen molar-refractivity contribution in [2.24, 2.45) is 11.8 Å². The van der Waals surface area contributed by atoms with Crippen molar-refractivity contribution in [1.29, 1.82) is 0 Å². The summed E-state index contributed by atoms with van der Waals surface area (Å²) in [5.74, 6) is -0.799. The number of nitrogens with one attached hydrogen (secondary N) is 1. The van der Waals surface area contributed by atoms with Gasteiger partial charge in [-0.25, -0.2) is 4.39 Å². The second-order valence-corrected chi connectivity index (χ2v) is 7.82. The van der Waals surface area contributed by atoms with E-state index in [2.05, 4.69) is 28.2 Å². The lowest BCUT2D eigenvalue weighted by Crippen LogP contribution is -2.54. The minimum absolute atomic E-state index is 0.00602. The maximum atomic E-state index is 13.7. The standard InChI is InChI=1S/C19H19BrFNO3/c1-2-9-6-14(23)18-16(10-3-4-12(21)11(20)5-10)17-13(22-19(9)18)7-25-8-15(17)24/h3-5,9,13,16-17,22H,2,6-8H2,1H3/t9-,13?,16+,17?/m0/s1. The summed E-state index contributed by atoms with van der Waals surface area (Å²) in [5, 5.41) is 3.43. The van der Waals surface area contributed by atoms with Gasteiger partial charge in [0.2, 0.25) is 0 Å². The Morgan fingerprint density at radius 3 is 2.88 bits per heavy atom. The van der Waals surface area contributed by atoms with E-state index in [4.69, 9.17) is 4.74 Å². The second kappa shape index (κ2) is 6.32. The molecule has 4 rings (SSSR count). The number of carbonyl (C=O) groups is 2. The number of hydrogen-bond acceptors (Lipinski definition) is 4. The highest BCUT2D eigenvalue weighted by atomic mass is 79.9. The molecule has 4 nitrogen and oxygen atoms in total. The van der Waals surface area contributed by atoms with Gasteiger partial charge < -0.3 is 10.1 Å². The fourth-order valence-electron chi connectivity index (χ4n) is 4.41. The number of rotatable bonds is 2. The van der Waals surface area contributed by atoms with Gasteiger partial charge >= 0.3 is 0 Å². The Kier molecular flexibility index (Phi) is 4.28. The van der Waals surface area contributed by atoms with Crippen LogP contribution in [0.15, 0.2) is 33.9 Å². The Balaban J connectivity index is 1.88. The number of carbonyl (C=O) groups excluding carboxylic acids is 2. The minimum Gasteiger partial charge on any atom is -0.382 e. The molecule has 6 heteroatoms. The topological polar surface area (TPSA) is 55.4 Å². The molecule has 1 saturated heterocycles. The van der Waals surface area contributed by atoms with Gasteiger partial charge in [-0.1, -0.05) is 13.0 Å². The van der Waals surface area contributed by atoms with Crippen molar-refractivity contribution in [2.75, 3.05) is 13.2 Å². The highest BCUT2D eigenvalue weighted by molar-refractivity contribution is 9.10. The molecule has 1 aromatic carbocycles. The maximum Gasteiger partial charge on any atom is 0.164 e. The largest absolute Gasteiger partial charge is 0.382 e. The molecular weight excluding hydrogens is 389 g/mol. The quantitative estimate of drug-likeness (QED) is 0.817. The van der Waals surface area contributed by atoms with Crippen LogP contribution in [0, 0.1) is 17.7 Å². The van der Waals surface area contributed by atoms with Gasteiger partial charge in [0.15, 0.2) is 11.6 Å². The number of fused-ring (bicyclic) bond motifs is 1. The van der Waals surface area contributed by atoms with Crippen molar-refractivity contribution in [3.8, 4) is 0 Å².